The Morgan fingerprint density at radius 3 is 2.65 bits per heavy atom. The molecule has 3 saturated heterocycles. The van der Waals surface area contributed by atoms with Gasteiger partial charge in [0, 0.05) is 42.7 Å². The Morgan fingerprint density at radius 1 is 1.06 bits per heavy atom. The average molecular weight is 445 g/mol. The lowest BCUT2D eigenvalue weighted by atomic mass is 9.95. The van der Waals surface area contributed by atoms with Crippen LogP contribution in [0.1, 0.15) is 38.5 Å². The first-order chi connectivity index (χ1) is 15.1. The maximum Gasteiger partial charge on any atom is 0.313 e. The van der Waals surface area contributed by atoms with Crippen LogP contribution in [0.25, 0.3) is 0 Å². The third-order valence-electron chi connectivity index (χ3n) is 6.57. The van der Waals surface area contributed by atoms with Crippen molar-refractivity contribution < 1.29 is 14.4 Å². The van der Waals surface area contributed by atoms with Crippen LogP contribution in [0.15, 0.2) is 24.3 Å². The lowest BCUT2D eigenvalue weighted by Crippen LogP contribution is -2.45. The van der Waals surface area contributed by atoms with Crippen LogP contribution < -0.4 is 15.5 Å². The summed E-state index contributed by atoms with van der Waals surface area (Å²) < 4.78 is 0. The van der Waals surface area contributed by atoms with Gasteiger partial charge in [0.15, 0.2) is 0 Å². The molecule has 0 aromatic heterocycles. The summed E-state index contributed by atoms with van der Waals surface area (Å²) in [6.45, 7) is 3.40. The zero-order valence-corrected chi connectivity index (χ0v) is 18.8. The van der Waals surface area contributed by atoms with E-state index in [2.05, 4.69) is 15.5 Å². The molecular formula is C23H32N4O3S. The maximum atomic E-state index is 12.3. The highest BCUT2D eigenvalue weighted by atomic mass is 32.2. The fraction of sp³-hybridized carbons (Fsp3) is 0.609. The van der Waals surface area contributed by atoms with E-state index in [0.29, 0.717) is 31.1 Å². The standard InChI is InChI=1S/C23H32N4O3S/c28-21-6-1-2-10-27(21)19-5-3-4-18(14-19)25-23(30)22(29)24-15-17-7-11-26(12-8-17)20-9-13-31-16-20/h3-5,14,17,20H,1-2,6-13,15-16H2,(H,24,29)(H,25,30). The third-order valence-corrected chi connectivity index (χ3v) is 7.71. The Labute approximate surface area is 188 Å². The number of rotatable bonds is 5. The van der Waals surface area contributed by atoms with Crippen LogP contribution in [0.4, 0.5) is 11.4 Å². The van der Waals surface area contributed by atoms with Crippen LogP contribution in [-0.2, 0) is 14.4 Å². The van der Waals surface area contributed by atoms with Crippen LogP contribution in [0, 0.1) is 5.92 Å². The van der Waals surface area contributed by atoms with E-state index < -0.39 is 11.8 Å². The van der Waals surface area contributed by atoms with E-state index in [-0.39, 0.29) is 5.91 Å². The molecular weight excluding hydrogens is 412 g/mol. The molecule has 7 nitrogen and oxygen atoms in total. The minimum atomic E-state index is -0.664. The lowest BCUT2D eigenvalue weighted by Gasteiger charge is -2.35. The molecule has 1 unspecified atom stereocenters. The number of amides is 3. The SMILES string of the molecule is O=C(NCC1CCN(C2CCSC2)CC1)C(=O)Nc1cccc(N2CCCCC2=O)c1. The summed E-state index contributed by atoms with van der Waals surface area (Å²) >= 11 is 2.04. The van der Waals surface area contributed by atoms with Crippen LogP contribution >= 0.6 is 11.8 Å². The number of benzene rings is 1. The van der Waals surface area contributed by atoms with Crippen molar-refractivity contribution in [3.8, 4) is 0 Å². The predicted molar refractivity (Wildman–Crippen MR) is 124 cm³/mol. The van der Waals surface area contributed by atoms with Gasteiger partial charge in [-0.25, -0.2) is 0 Å². The fourth-order valence-corrected chi connectivity index (χ4v) is 5.92. The van der Waals surface area contributed by atoms with E-state index in [1.807, 2.05) is 17.8 Å². The monoisotopic (exact) mass is 444 g/mol. The van der Waals surface area contributed by atoms with E-state index >= 15 is 0 Å². The number of thioether (sulfide) groups is 1. The normalized spacial score (nSPS) is 23.0. The number of nitrogens with one attached hydrogen (secondary N) is 2. The van der Waals surface area contributed by atoms with Crippen LogP contribution in [0.3, 0.4) is 0 Å². The number of likely N-dealkylation sites (tertiary alicyclic amines) is 1. The smallest absolute Gasteiger partial charge is 0.313 e. The van der Waals surface area contributed by atoms with Crippen molar-refractivity contribution in [2.75, 3.05) is 47.9 Å². The molecule has 0 bridgehead atoms. The number of hydrogen-bond donors (Lipinski definition) is 2. The molecule has 1 atom stereocenters. The first-order valence-corrected chi connectivity index (χ1v) is 12.6. The quantitative estimate of drug-likeness (QED) is 0.682. The van der Waals surface area contributed by atoms with E-state index in [0.717, 1.165) is 50.5 Å². The Kier molecular flexibility index (Phi) is 7.50. The van der Waals surface area contributed by atoms with E-state index in [4.69, 9.17) is 0 Å². The van der Waals surface area contributed by atoms with Gasteiger partial charge in [0.2, 0.25) is 5.91 Å². The van der Waals surface area contributed by atoms with Gasteiger partial charge >= 0.3 is 11.8 Å². The molecule has 168 valence electrons. The summed E-state index contributed by atoms with van der Waals surface area (Å²) in [5, 5.41) is 5.47. The topological polar surface area (TPSA) is 81.8 Å². The summed E-state index contributed by atoms with van der Waals surface area (Å²) in [7, 11) is 0. The molecule has 3 aliphatic heterocycles. The van der Waals surface area contributed by atoms with E-state index in [1.165, 1.54) is 17.9 Å². The van der Waals surface area contributed by atoms with Gasteiger partial charge in [-0.15, -0.1) is 0 Å². The first kappa shape index (κ1) is 22.1. The second kappa shape index (κ2) is 10.5. The molecule has 1 aromatic carbocycles. The zero-order chi connectivity index (χ0) is 21.6. The number of nitrogens with zero attached hydrogens (tertiary/aromatic N) is 2. The minimum absolute atomic E-state index is 0.102. The first-order valence-electron chi connectivity index (χ1n) is 11.4. The largest absolute Gasteiger partial charge is 0.348 e. The molecule has 3 fully saturated rings. The highest BCUT2D eigenvalue weighted by molar-refractivity contribution is 7.99. The zero-order valence-electron chi connectivity index (χ0n) is 18.0. The summed E-state index contributed by atoms with van der Waals surface area (Å²) in [6, 6.07) is 7.87. The molecule has 0 spiro atoms. The molecule has 3 aliphatic rings. The predicted octanol–water partition coefficient (Wildman–Crippen LogP) is 2.48. The van der Waals surface area contributed by atoms with Gasteiger partial charge in [0.1, 0.15) is 0 Å². The van der Waals surface area contributed by atoms with Crippen LogP contribution in [0.5, 0.6) is 0 Å². The summed E-state index contributed by atoms with van der Waals surface area (Å²) in [5.41, 5.74) is 1.29. The molecule has 3 amide bonds. The summed E-state index contributed by atoms with van der Waals surface area (Å²) in [6.07, 6.45) is 5.87. The van der Waals surface area contributed by atoms with Gasteiger partial charge in [-0.2, -0.15) is 11.8 Å². The number of anilines is 2. The fourth-order valence-electron chi connectivity index (χ4n) is 4.67. The Morgan fingerprint density at radius 2 is 1.90 bits per heavy atom. The minimum Gasteiger partial charge on any atom is -0.348 e. The summed E-state index contributed by atoms with van der Waals surface area (Å²) in [5.74, 6) is 1.78. The van der Waals surface area contributed by atoms with Crippen molar-refractivity contribution in [2.24, 2.45) is 5.92 Å². The molecule has 0 radical (unpaired) electrons. The molecule has 3 heterocycles. The molecule has 2 N–H and O–H groups in total. The van der Waals surface area contributed by atoms with Crippen molar-refractivity contribution >= 4 is 40.9 Å². The number of carbonyl (C=O) groups excluding carboxylic acids is 3. The Balaban J connectivity index is 1.22. The highest BCUT2D eigenvalue weighted by Gasteiger charge is 2.28. The second-order valence-corrected chi connectivity index (χ2v) is 9.86. The van der Waals surface area contributed by atoms with Crippen LogP contribution in [-0.4, -0.2) is 66.3 Å². The molecule has 31 heavy (non-hydrogen) atoms. The number of carbonyl (C=O) groups is 3. The van der Waals surface area contributed by atoms with Crippen LogP contribution in [0.2, 0.25) is 0 Å². The Bertz CT molecular complexity index is 804. The van der Waals surface area contributed by atoms with Gasteiger partial charge in [0.25, 0.3) is 0 Å². The van der Waals surface area contributed by atoms with Gasteiger partial charge in [-0.3, -0.25) is 19.3 Å². The van der Waals surface area contributed by atoms with Crippen molar-refractivity contribution in [3.05, 3.63) is 24.3 Å². The van der Waals surface area contributed by atoms with Gasteiger partial charge < -0.3 is 15.5 Å². The third kappa shape index (κ3) is 5.80. The number of hydrogen-bond acceptors (Lipinski definition) is 5. The van der Waals surface area contributed by atoms with E-state index in [9.17, 15) is 14.4 Å². The van der Waals surface area contributed by atoms with Gasteiger partial charge in [-0.05, 0) is 75.1 Å². The maximum absolute atomic E-state index is 12.3. The lowest BCUT2D eigenvalue weighted by molar-refractivity contribution is -0.136. The molecule has 0 aliphatic carbocycles. The van der Waals surface area contributed by atoms with Gasteiger partial charge in [-0.1, -0.05) is 6.07 Å². The van der Waals surface area contributed by atoms with Gasteiger partial charge in [0.05, 0.1) is 0 Å². The van der Waals surface area contributed by atoms with E-state index in [1.54, 1.807) is 23.1 Å². The van der Waals surface area contributed by atoms with Crippen molar-refractivity contribution in [2.45, 2.75) is 44.6 Å². The molecule has 8 heteroatoms. The second-order valence-electron chi connectivity index (χ2n) is 8.71. The average Bonchev–Trinajstić information content (AvgIpc) is 3.33. The van der Waals surface area contributed by atoms with Crippen molar-refractivity contribution in [3.63, 3.8) is 0 Å². The van der Waals surface area contributed by atoms with Crippen molar-refractivity contribution in [1.29, 1.82) is 0 Å². The number of piperidine rings is 2. The Hall–Kier alpha value is -2.06. The molecule has 0 saturated carbocycles. The highest BCUT2D eigenvalue weighted by Crippen LogP contribution is 2.27. The molecule has 1 aromatic rings. The molecule has 4 rings (SSSR count). The van der Waals surface area contributed by atoms with Crippen molar-refractivity contribution in [1.82, 2.24) is 10.2 Å². The summed E-state index contributed by atoms with van der Waals surface area (Å²) in [4.78, 5) is 41.1.